The maximum absolute atomic E-state index is 12.6. The first-order valence-electron chi connectivity index (χ1n) is 7.03. The zero-order chi connectivity index (χ0) is 16.8. The Morgan fingerprint density at radius 1 is 1.27 bits per heavy atom. The maximum Gasteiger partial charge on any atom is 0.244 e. The van der Waals surface area contributed by atoms with E-state index in [2.05, 4.69) is 20.7 Å². The molecule has 0 aliphatic rings. The van der Waals surface area contributed by atoms with E-state index >= 15 is 0 Å². The van der Waals surface area contributed by atoms with E-state index in [9.17, 15) is 8.42 Å². The van der Waals surface area contributed by atoms with Crippen molar-refractivity contribution in [3.8, 4) is 11.5 Å². The van der Waals surface area contributed by atoms with Crippen LogP contribution < -0.4 is 19.9 Å². The number of benzene rings is 1. The normalized spacial score (nSPS) is 13.0. The summed E-state index contributed by atoms with van der Waals surface area (Å²) in [6.45, 7) is 2.30. The van der Waals surface area contributed by atoms with E-state index in [1.807, 2.05) is 6.92 Å². The zero-order valence-electron chi connectivity index (χ0n) is 13.1. The maximum atomic E-state index is 12.6. The Bertz CT molecular complexity index is 593. The van der Waals surface area contributed by atoms with Gasteiger partial charge in [-0.1, -0.05) is 19.8 Å². The lowest BCUT2D eigenvalue weighted by Crippen LogP contribution is -2.40. The quantitative estimate of drug-likeness (QED) is 0.670. The Labute approximate surface area is 140 Å². The standard InChI is InChI=1S/C14H23BrN2O4S/c1-4-5-6-10(9-16)17-22(18,19)14-7-11(15)12(20-2)8-13(14)21-3/h7-8,10,17H,4-6,9,16H2,1-3H3. The molecule has 0 fully saturated rings. The van der Waals surface area contributed by atoms with Crippen molar-refractivity contribution >= 4 is 26.0 Å². The number of methoxy groups -OCH3 is 2. The molecule has 22 heavy (non-hydrogen) atoms. The lowest BCUT2D eigenvalue weighted by atomic mass is 10.1. The summed E-state index contributed by atoms with van der Waals surface area (Å²) < 4.78 is 38.7. The SMILES string of the molecule is CCCCC(CN)NS(=O)(=O)c1cc(Br)c(OC)cc1OC. The van der Waals surface area contributed by atoms with Gasteiger partial charge in [-0.2, -0.15) is 0 Å². The van der Waals surface area contributed by atoms with Gasteiger partial charge < -0.3 is 15.2 Å². The van der Waals surface area contributed by atoms with Crippen LogP contribution in [0.4, 0.5) is 0 Å². The lowest BCUT2D eigenvalue weighted by Gasteiger charge is -2.18. The van der Waals surface area contributed by atoms with E-state index in [0.717, 1.165) is 12.8 Å². The number of hydrogen-bond acceptors (Lipinski definition) is 5. The molecule has 1 aromatic rings. The summed E-state index contributed by atoms with van der Waals surface area (Å²) in [7, 11) is -0.816. The molecular weight excluding hydrogens is 372 g/mol. The average Bonchev–Trinajstić information content (AvgIpc) is 2.50. The molecule has 0 aliphatic carbocycles. The summed E-state index contributed by atoms with van der Waals surface area (Å²) in [4.78, 5) is 0.0534. The van der Waals surface area contributed by atoms with Crippen molar-refractivity contribution in [2.75, 3.05) is 20.8 Å². The highest BCUT2D eigenvalue weighted by molar-refractivity contribution is 9.10. The van der Waals surface area contributed by atoms with Crippen molar-refractivity contribution in [3.63, 3.8) is 0 Å². The van der Waals surface area contributed by atoms with Crippen molar-refractivity contribution in [1.29, 1.82) is 0 Å². The first-order chi connectivity index (χ1) is 10.4. The zero-order valence-corrected chi connectivity index (χ0v) is 15.5. The average molecular weight is 395 g/mol. The molecule has 1 aromatic carbocycles. The number of halogens is 1. The van der Waals surface area contributed by atoms with Gasteiger partial charge in [0.25, 0.3) is 0 Å². The van der Waals surface area contributed by atoms with Gasteiger partial charge in [0.15, 0.2) is 0 Å². The van der Waals surface area contributed by atoms with E-state index < -0.39 is 10.0 Å². The highest BCUT2D eigenvalue weighted by Crippen LogP contribution is 2.35. The van der Waals surface area contributed by atoms with Crippen LogP contribution in [0.15, 0.2) is 21.5 Å². The second kappa shape index (κ2) is 8.71. The molecule has 8 heteroatoms. The molecule has 126 valence electrons. The van der Waals surface area contributed by atoms with Gasteiger partial charge in [-0.05, 0) is 28.4 Å². The van der Waals surface area contributed by atoms with Crippen molar-refractivity contribution in [2.45, 2.75) is 37.1 Å². The molecule has 0 radical (unpaired) electrons. The van der Waals surface area contributed by atoms with Gasteiger partial charge in [0.1, 0.15) is 16.4 Å². The molecule has 0 bridgehead atoms. The largest absolute Gasteiger partial charge is 0.495 e. The molecule has 0 aromatic heterocycles. The fourth-order valence-corrected chi connectivity index (χ4v) is 4.12. The van der Waals surface area contributed by atoms with E-state index in [4.69, 9.17) is 15.2 Å². The number of ether oxygens (including phenoxy) is 2. The van der Waals surface area contributed by atoms with Crippen LogP contribution in [0.25, 0.3) is 0 Å². The first-order valence-corrected chi connectivity index (χ1v) is 9.31. The highest BCUT2D eigenvalue weighted by Gasteiger charge is 2.24. The Morgan fingerprint density at radius 3 is 2.41 bits per heavy atom. The monoisotopic (exact) mass is 394 g/mol. The smallest absolute Gasteiger partial charge is 0.244 e. The van der Waals surface area contributed by atoms with Crippen LogP contribution in [0.1, 0.15) is 26.2 Å². The van der Waals surface area contributed by atoms with Gasteiger partial charge in [-0.25, -0.2) is 13.1 Å². The second-order valence-electron chi connectivity index (χ2n) is 4.83. The fourth-order valence-electron chi connectivity index (χ4n) is 2.00. The van der Waals surface area contributed by atoms with Crippen LogP contribution in [0.3, 0.4) is 0 Å². The fraction of sp³-hybridized carbons (Fsp3) is 0.571. The first kappa shape index (κ1) is 19.2. The predicted octanol–water partition coefficient (Wildman–Crippen LogP) is 2.26. The number of hydrogen-bond donors (Lipinski definition) is 2. The van der Waals surface area contributed by atoms with Crippen LogP contribution in [0.2, 0.25) is 0 Å². The summed E-state index contributed by atoms with van der Waals surface area (Å²) in [5, 5.41) is 0. The molecule has 0 heterocycles. The molecule has 1 atom stereocenters. The Balaban J connectivity index is 3.13. The van der Waals surface area contributed by atoms with Crippen LogP contribution in [-0.2, 0) is 10.0 Å². The third-order valence-corrected chi connectivity index (χ3v) is 5.40. The number of unbranched alkanes of at least 4 members (excludes halogenated alkanes) is 1. The molecule has 0 saturated heterocycles. The summed E-state index contributed by atoms with van der Waals surface area (Å²) in [6.07, 6.45) is 2.59. The molecule has 1 rings (SSSR count). The lowest BCUT2D eigenvalue weighted by molar-refractivity contribution is 0.384. The Morgan fingerprint density at radius 2 is 1.91 bits per heavy atom. The Kier molecular flexibility index (Phi) is 7.61. The van der Waals surface area contributed by atoms with Crippen molar-refractivity contribution < 1.29 is 17.9 Å². The van der Waals surface area contributed by atoms with E-state index in [-0.39, 0.29) is 23.2 Å². The summed E-state index contributed by atoms with van der Waals surface area (Å²) in [5.41, 5.74) is 5.66. The van der Waals surface area contributed by atoms with Crippen molar-refractivity contribution in [3.05, 3.63) is 16.6 Å². The van der Waals surface area contributed by atoms with E-state index in [1.54, 1.807) is 0 Å². The molecule has 0 aliphatic heterocycles. The minimum atomic E-state index is -3.73. The summed E-state index contributed by atoms with van der Waals surface area (Å²) in [6, 6.07) is 2.70. The van der Waals surface area contributed by atoms with Gasteiger partial charge in [0.2, 0.25) is 10.0 Å². The summed E-state index contributed by atoms with van der Waals surface area (Å²) >= 11 is 3.29. The second-order valence-corrected chi connectivity index (χ2v) is 7.37. The van der Waals surface area contributed by atoms with Gasteiger partial charge in [0, 0.05) is 18.7 Å². The van der Waals surface area contributed by atoms with Crippen LogP contribution >= 0.6 is 15.9 Å². The van der Waals surface area contributed by atoms with Crippen molar-refractivity contribution in [1.82, 2.24) is 4.72 Å². The molecule has 1 unspecified atom stereocenters. The van der Waals surface area contributed by atoms with Crippen LogP contribution in [-0.4, -0.2) is 35.2 Å². The Hall–Kier alpha value is -0.830. The van der Waals surface area contributed by atoms with Gasteiger partial charge in [-0.3, -0.25) is 0 Å². The molecule has 0 spiro atoms. The molecular formula is C14H23BrN2O4S. The van der Waals surface area contributed by atoms with Gasteiger partial charge in [-0.15, -0.1) is 0 Å². The number of nitrogens with two attached hydrogens (primary N) is 1. The van der Waals surface area contributed by atoms with Crippen LogP contribution in [0.5, 0.6) is 11.5 Å². The molecule has 6 nitrogen and oxygen atoms in total. The molecule has 0 saturated carbocycles. The van der Waals surface area contributed by atoms with E-state index in [0.29, 0.717) is 16.6 Å². The number of rotatable bonds is 9. The van der Waals surface area contributed by atoms with Gasteiger partial charge in [0.05, 0.1) is 18.7 Å². The third kappa shape index (κ3) is 4.84. The van der Waals surface area contributed by atoms with E-state index in [1.165, 1.54) is 26.4 Å². The molecule has 0 amide bonds. The third-order valence-electron chi connectivity index (χ3n) is 3.24. The minimum Gasteiger partial charge on any atom is -0.495 e. The summed E-state index contributed by atoms with van der Waals surface area (Å²) in [5.74, 6) is 0.718. The molecule has 3 N–H and O–H groups in total. The number of sulfonamides is 1. The predicted molar refractivity (Wildman–Crippen MR) is 89.9 cm³/mol. The topological polar surface area (TPSA) is 90.7 Å². The van der Waals surface area contributed by atoms with Crippen molar-refractivity contribution in [2.24, 2.45) is 5.73 Å². The minimum absolute atomic E-state index is 0.0534. The van der Waals surface area contributed by atoms with Crippen LogP contribution in [0, 0.1) is 0 Å². The number of nitrogens with one attached hydrogen (secondary N) is 1. The van der Waals surface area contributed by atoms with Gasteiger partial charge >= 0.3 is 0 Å². The highest BCUT2D eigenvalue weighted by atomic mass is 79.9.